The van der Waals surface area contributed by atoms with Crippen molar-refractivity contribution in [3.05, 3.63) is 18.0 Å². The zero-order chi connectivity index (χ0) is 12.2. The molecule has 16 heavy (non-hydrogen) atoms. The fourth-order valence-corrected chi connectivity index (χ4v) is 2.55. The first-order chi connectivity index (χ1) is 7.38. The molecule has 1 unspecified atom stereocenters. The Labute approximate surface area is 104 Å². The number of carbonyl (C=O) groups is 1. The highest BCUT2D eigenvalue weighted by Gasteiger charge is 2.17. The van der Waals surface area contributed by atoms with E-state index in [9.17, 15) is 4.79 Å². The number of rotatable bonds is 4. The molecule has 0 spiro atoms. The predicted octanol–water partition coefficient (Wildman–Crippen LogP) is 2.34. The third-order valence-electron chi connectivity index (χ3n) is 2.08. The lowest BCUT2D eigenvalue weighted by atomic mass is 9.90. The van der Waals surface area contributed by atoms with Crippen LogP contribution in [0.3, 0.4) is 0 Å². The van der Waals surface area contributed by atoms with Gasteiger partial charge in [-0.25, -0.2) is 0 Å². The fraction of sp³-hybridized carbons (Fsp3) is 0.636. The number of hydrogen-bond donors (Lipinski definition) is 2. The van der Waals surface area contributed by atoms with E-state index >= 15 is 0 Å². The van der Waals surface area contributed by atoms with Crippen molar-refractivity contribution in [3.8, 4) is 0 Å². The molecule has 0 bridgehead atoms. The predicted molar refractivity (Wildman–Crippen MR) is 67.7 cm³/mol. The van der Waals surface area contributed by atoms with Crippen molar-refractivity contribution in [2.75, 3.05) is 6.54 Å². The summed E-state index contributed by atoms with van der Waals surface area (Å²) in [4.78, 5) is 11.9. The molecule has 0 fully saturated rings. The zero-order valence-corrected chi connectivity index (χ0v) is 11.5. The molecule has 1 amide bonds. The van der Waals surface area contributed by atoms with E-state index in [4.69, 9.17) is 0 Å². The third-order valence-corrected chi connectivity index (χ3v) is 2.73. The third kappa shape index (κ3) is 4.79. The van der Waals surface area contributed by atoms with E-state index in [1.54, 1.807) is 6.20 Å². The van der Waals surface area contributed by atoms with Crippen LogP contribution in [0.15, 0.2) is 12.4 Å². The standard InChI is InChI=1S/C11H18BrN3O/c1-11(2,3)4-9(12)7-13-10(16)8-5-14-15-6-8/h5-6,9H,4,7H2,1-3H3,(H,13,16)(H,14,15). The molecule has 2 N–H and O–H groups in total. The van der Waals surface area contributed by atoms with Crippen LogP contribution in [0.2, 0.25) is 0 Å². The van der Waals surface area contributed by atoms with Gasteiger partial charge in [0.2, 0.25) is 0 Å². The van der Waals surface area contributed by atoms with Crippen LogP contribution in [0.25, 0.3) is 0 Å². The number of nitrogens with zero attached hydrogens (tertiary/aromatic N) is 1. The molecule has 0 aliphatic rings. The SMILES string of the molecule is CC(C)(C)CC(Br)CNC(=O)c1cn[nH]c1. The van der Waals surface area contributed by atoms with Crippen LogP contribution in [0.4, 0.5) is 0 Å². The topological polar surface area (TPSA) is 57.8 Å². The lowest BCUT2D eigenvalue weighted by Gasteiger charge is -2.22. The molecule has 0 aromatic carbocycles. The van der Waals surface area contributed by atoms with Crippen molar-refractivity contribution >= 4 is 21.8 Å². The van der Waals surface area contributed by atoms with Gasteiger partial charge in [0.05, 0.1) is 11.8 Å². The van der Waals surface area contributed by atoms with Gasteiger partial charge in [0.25, 0.3) is 5.91 Å². The van der Waals surface area contributed by atoms with Gasteiger partial charge in [-0.1, -0.05) is 36.7 Å². The molecule has 90 valence electrons. The minimum absolute atomic E-state index is 0.0906. The van der Waals surface area contributed by atoms with Gasteiger partial charge in [0.15, 0.2) is 0 Å². The Hall–Kier alpha value is -0.840. The maximum atomic E-state index is 11.6. The summed E-state index contributed by atoms with van der Waals surface area (Å²) in [5.74, 6) is -0.0906. The normalized spacial score (nSPS) is 13.5. The zero-order valence-electron chi connectivity index (χ0n) is 9.88. The number of nitrogens with one attached hydrogen (secondary N) is 2. The summed E-state index contributed by atoms with van der Waals surface area (Å²) in [5.41, 5.74) is 0.824. The van der Waals surface area contributed by atoms with Crippen LogP contribution >= 0.6 is 15.9 Å². The Morgan fingerprint density at radius 1 is 1.62 bits per heavy atom. The quantitative estimate of drug-likeness (QED) is 0.835. The molecule has 1 aromatic rings. The number of halogens is 1. The van der Waals surface area contributed by atoms with Crippen LogP contribution in [0, 0.1) is 5.41 Å². The highest BCUT2D eigenvalue weighted by Crippen LogP contribution is 2.24. The summed E-state index contributed by atoms with van der Waals surface area (Å²) in [6, 6.07) is 0. The van der Waals surface area contributed by atoms with E-state index in [0.29, 0.717) is 16.9 Å². The smallest absolute Gasteiger partial charge is 0.254 e. The van der Waals surface area contributed by atoms with Gasteiger partial charge in [0, 0.05) is 17.6 Å². The van der Waals surface area contributed by atoms with Crippen LogP contribution in [-0.2, 0) is 0 Å². The number of H-pyrrole nitrogens is 1. The number of carbonyl (C=O) groups excluding carboxylic acids is 1. The van der Waals surface area contributed by atoms with Gasteiger partial charge in [0.1, 0.15) is 0 Å². The van der Waals surface area contributed by atoms with Gasteiger partial charge in [-0.2, -0.15) is 5.10 Å². The molecule has 1 rings (SSSR count). The Morgan fingerprint density at radius 3 is 2.81 bits per heavy atom. The molecule has 1 aromatic heterocycles. The van der Waals surface area contributed by atoms with E-state index in [2.05, 4.69) is 52.2 Å². The summed E-state index contributed by atoms with van der Waals surface area (Å²) in [6.07, 6.45) is 4.11. The number of aromatic nitrogens is 2. The van der Waals surface area contributed by atoms with E-state index in [1.165, 1.54) is 6.20 Å². The number of hydrogen-bond acceptors (Lipinski definition) is 2. The first kappa shape index (κ1) is 13.2. The summed E-state index contributed by atoms with van der Waals surface area (Å²) in [6.45, 7) is 7.17. The summed E-state index contributed by atoms with van der Waals surface area (Å²) < 4.78 is 0. The Morgan fingerprint density at radius 2 is 2.31 bits per heavy atom. The van der Waals surface area contributed by atoms with Gasteiger partial charge in [-0.3, -0.25) is 9.89 Å². The minimum atomic E-state index is -0.0906. The van der Waals surface area contributed by atoms with E-state index < -0.39 is 0 Å². The van der Waals surface area contributed by atoms with Gasteiger partial charge >= 0.3 is 0 Å². The second kappa shape index (κ2) is 5.48. The first-order valence-corrected chi connectivity index (χ1v) is 6.21. The molecule has 4 nitrogen and oxygen atoms in total. The van der Waals surface area contributed by atoms with Crippen molar-refractivity contribution < 1.29 is 4.79 Å². The summed E-state index contributed by atoms with van der Waals surface area (Å²) >= 11 is 3.57. The van der Waals surface area contributed by atoms with Crippen LogP contribution in [-0.4, -0.2) is 27.5 Å². The monoisotopic (exact) mass is 287 g/mol. The first-order valence-electron chi connectivity index (χ1n) is 5.29. The second-order valence-electron chi connectivity index (χ2n) is 5.06. The van der Waals surface area contributed by atoms with Gasteiger partial charge in [-0.05, 0) is 11.8 Å². The van der Waals surface area contributed by atoms with Crippen molar-refractivity contribution in [2.45, 2.75) is 32.0 Å². The van der Waals surface area contributed by atoms with E-state index in [-0.39, 0.29) is 11.3 Å². The van der Waals surface area contributed by atoms with Gasteiger partial charge < -0.3 is 5.32 Å². The lowest BCUT2D eigenvalue weighted by Crippen LogP contribution is -2.31. The molecule has 1 atom stereocenters. The Bertz CT molecular complexity index is 329. The lowest BCUT2D eigenvalue weighted by molar-refractivity contribution is 0.0952. The molecule has 0 aliphatic heterocycles. The number of alkyl halides is 1. The molecule has 0 saturated heterocycles. The maximum Gasteiger partial charge on any atom is 0.254 e. The Kier molecular flexibility index (Phi) is 4.53. The highest BCUT2D eigenvalue weighted by atomic mass is 79.9. The summed E-state index contributed by atoms with van der Waals surface area (Å²) in [5, 5.41) is 9.21. The minimum Gasteiger partial charge on any atom is -0.351 e. The Balaban J connectivity index is 2.32. The molecule has 1 heterocycles. The van der Waals surface area contributed by atoms with Crippen molar-refractivity contribution in [1.82, 2.24) is 15.5 Å². The average molecular weight is 288 g/mol. The van der Waals surface area contributed by atoms with Gasteiger partial charge in [-0.15, -0.1) is 0 Å². The second-order valence-corrected chi connectivity index (χ2v) is 6.35. The molecular weight excluding hydrogens is 270 g/mol. The molecular formula is C11H18BrN3O. The fourth-order valence-electron chi connectivity index (χ4n) is 1.42. The van der Waals surface area contributed by atoms with Crippen molar-refractivity contribution in [1.29, 1.82) is 0 Å². The summed E-state index contributed by atoms with van der Waals surface area (Å²) in [7, 11) is 0. The maximum absolute atomic E-state index is 11.6. The van der Waals surface area contributed by atoms with Crippen molar-refractivity contribution in [3.63, 3.8) is 0 Å². The largest absolute Gasteiger partial charge is 0.351 e. The van der Waals surface area contributed by atoms with E-state index in [1.807, 2.05) is 0 Å². The average Bonchev–Trinajstić information content (AvgIpc) is 2.64. The van der Waals surface area contributed by atoms with Crippen LogP contribution in [0.5, 0.6) is 0 Å². The molecule has 0 radical (unpaired) electrons. The molecule has 0 saturated carbocycles. The van der Waals surface area contributed by atoms with E-state index in [0.717, 1.165) is 6.42 Å². The van der Waals surface area contributed by atoms with Crippen LogP contribution in [0.1, 0.15) is 37.6 Å². The highest BCUT2D eigenvalue weighted by molar-refractivity contribution is 9.09. The number of aromatic amines is 1. The van der Waals surface area contributed by atoms with Crippen LogP contribution < -0.4 is 5.32 Å². The number of amides is 1. The van der Waals surface area contributed by atoms with Crippen molar-refractivity contribution in [2.24, 2.45) is 5.41 Å². The molecule has 5 heteroatoms. The molecule has 0 aliphatic carbocycles.